The van der Waals surface area contributed by atoms with Gasteiger partial charge in [0, 0.05) is 33.0 Å². The van der Waals surface area contributed by atoms with E-state index in [-0.39, 0.29) is 0 Å². The van der Waals surface area contributed by atoms with Gasteiger partial charge in [-0.2, -0.15) is 0 Å². The van der Waals surface area contributed by atoms with Crippen LogP contribution in [0.2, 0.25) is 0 Å². The molecule has 0 unspecified atom stereocenters. The molecule has 2 aromatic heterocycles. The molecule has 0 bridgehead atoms. The molecule has 3 heteroatoms. The van der Waals surface area contributed by atoms with Gasteiger partial charge in [-0.25, -0.2) is 9.97 Å². The largest absolute Gasteiger partial charge is 0.237 e. The number of thiophene rings is 1. The van der Waals surface area contributed by atoms with E-state index in [1.807, 2.05) is 42.6 Å². The van der Waals surface area contributed by atoms with Gasteiger partial charge in [-0.15, -0.1) is 11.3 Å². The van der Waals surface area contributed by atoms with Crippen molar-refractivity contribution in [3.63, 3.8) is 0 Å². The SMILES string of the molecule is c1ccc(-c2nccc(-c3sc(-c4ccccc4-c4ccccc4)c4ccccc34)n2)cc1. The van der Waals surface area contributed by atoms with Crippen LogP contribution in [0, 0.1) is 0 Å². The first-order chi connectivity index (χ1) is 16.4. The second-order valence-corrected chi connectivity index (χ2v) is 8.87. The Bertz CT molecular complexity index is 1550. The van der Waals surface area contributed by atoms with Crippen LogP contribution in [0.25, 0.3) is 54.3 Å². The molecule has 0 amide bonds. The van der Waals surface area contributed by atoms with E-state index in [2.05, 4.69) is 83.8 Å². The molecule has 6 rings (SSSR count). The van der Waals surface area contributed by atoms with Crippen molar-refractivity contribution in [1.82, 2.24) is 9.97 Å². The van der Waals surface area contributed by atoms with E-state index in [9.17, 15) is 0 Å². The number of hydrogen-bond donors (Lipinski definition) is 0. The molecule has 0 aliphatic rings. The smallest absolute Gasteiger partial charge is 0.159 e. The normalized spacial score (nSPS) is 11.0. The van der Waals surface area contributed by atoms with Crippen LogP contribution in [0.4, 0.5) is 0 Å². The lowest BCUT2D eigenvalue weighted by molar-refractivity contribution is 1.19. The van der Waals surface area contributed by atoms with Gasteiger partial charge in [0.2, 0.25) is 0 Å². The third-order valence-corrected chi connectivity index (χ3v) is 7.07. The Morgan fingerprint density at radius 2 is 1.06 bits per heavy atom. The number of hydrogen-bond acceptors (Lipinski definition) is 3. The van der Waals surface area contributed by atoms with Gasteiger partial charge in [0.05, 0.1) is 10.6 Å². The van der Waals surface area contributed by atoms with Crippen molar-refractivity contribution in [1.29, 1.82) is 0 Å². The van der Waals surface area contributed by atoms with Crippen LogP contribution in [-0.2, 0) is 0 Å². The maximum absolute atomic E-state index is 4.95. The van der Waals surface area contributed by atoms with Gasteiger partial charge in [0.1, 0.15) is 0 Å². The summed E-state index contributed by atoms with van der Waals surface area (Å²) in [7, 11) is 0. The maximum Gasteiger partial charge on any atom is 0.159 e. The Labute approximate surface area is 196 Å². The van der Waals surface area contributed by atoms with Crippen LogP contribution in [-0.4, -0.2) is 9.97 Å². The Morgan fingerprint density at radius 3 is 1.79 bits per heavy atom. The van der Waals surface area contributed by atoms with Crippen LogP contribution < -0.4 is 0 Å². The fraction of sp³-hybridized carbons (Fsp3) is 0. The fourth-order valence-corrected chi connectivity index (χ4v) is 5.53. The van der Waals surface area contributed by atoms with E-state index in [4.69, 9.17) is 4.98 Å². The molecule has 0 N–H and O–H groups in total. The molecule has 0 aliphatic carbocycles. The number of nitrogens with zero attached hydrogens (tertiary/aromatic N) is 2. The lowest BCUT2D eigenvalue weighted by Crippen LogP contribution is -1.90. The Hall–Kier alpha value is -4.08. The van der Waals surface area contributed by atoms with Crippen molar-refractivity contribution in [2.45, 2.75) is 0 Å². The number of rotatable bonds is 4. The lowest BCUT2D eigenvalue weighted by Gasteiger charge is -2.09. The first kappa shape index (κ1) is 19.6. The van der Waals surface area contributed by atoms with Crippen molar-refractivity contribution in [2.75, 3.05) is 0 Å². The van der Waals surface area contributed by atoms with E-state index < -0.39 is 0 Å². The number of aromatic nitrogens is 2. The summed E-state index contributed by atoms with van der Waals surface area (Å²) < 4.78 is 0. The zero-order valence-corrected chi connectivity index (χ0v) is 18.7. The van der Waals surface area contributed by atoms with Gasteiger partial charge in [-0.05, 0) is 17.2 Å². The second-order valence-electron chi connectivity index (χ2n) is 7.85. The van der Waals surface area contributed by atoms with E-state index >= 15 is 0 Å². The van der Waals surface area contributed by atoms with Crippen molar-refractivity contribution >= 4 is 22.1 Å². The highest BCUT2D eigenvalue weighted by Gasteiger charge is 2.18. The van der Waals surface area contributed by atoms with E-state index in [1.54, 1.807) is 11.3 Å². The summed E-state index contributed by atoms with van der Waals surface area (Å²) in [4.78, 5) is 11.9. The van der Waals surface area contributed by atoms with E-state index in [0.717, 1.165) is 17.1 Å². The summed E-state index contributed by atoms with van der Waals surface area (Å²) in [5.74, 6) is 0.747. The predicted molar refractivity (Wildman–Crippen MR) is 139 cm³/mol. The lowest BCUT2D eigenvalue weighted by atomic mass is 9.97. The standard InChI is InChI=1S/C30H20N2S/c1-3-11-21(12-4-1)23-15-7-8-16-24(23)28-25-17-9-10-18-26(25)29(33-28)27-19-20-31-30(32-27)22-13-5-2-6-14-22/h1-20H. The van der Waals surface area contributed by atoms with E-state index in [1.165, 1.54) is 37.2 Å². The van der Waals surface area contributed by atoms with Crippen LogP contribution in [0.15, 0.2) is 121 Å². The molecule has 2 nitrogen and oxygen atoms in total. The Balaban J connectivity index is 1.55. The van der Waals surface area contributed by atoms with Gasteiger partial charge in [-0.1, -0.05) is 109 Å². The van der Waals surface area contributed by atoms with Gasteiger partial charge in [0.25, 0.3) is 0 Å². The van der Waals surface area contributed by atoms with Gasteiger partial charge < -0.3 is 0 Å². The third kappa shape index (κ3) is 3.63. The molecule has 0 saturated carbocycles. The monoisotopic (exact) mass is 440 g/mol. The first-order valence-electron chi connectivity index (χ1n) is 10.9. The molecular formula is C30H20N2S. The van der Waals surface area contributed by atoms with Crippen molar-refractivity contribution in [3.8, 4) is 43.5 Å². The topological polar surface area (TPSA) is 25.8 Å². The molecule has 0 atom stereocenters. The number of benzene rings is 4. The molecular weight excluding hydrogens is 420 g/mol. The van der Waals surface area contributed by atoms with Crippen molar-refractivity contribution < 1.29 is 0 Å². The summed E-state index contributed by atoms with van der Waals surface area (Å²) in [5, 5.41) is 2.47. The van der Waals surface area contributed by atoms with Gasteiger partial charge in [0.15, 0.2) is 5.82 Å². The summed E-state index contributed by atoms with van der Waals surface area (Å²) >= 11 is 1.80. The summed E-state index contributed by atoms with van der Waals surface area (Å²) in [6.07, 6.45) is 1.86. The first-order valence-corrected chi connectivity index (χ1v) is 11.8. The van der Waals surface area contributed by atoms with Crippen molar-refractivity contribution in [2.24, 2.45) is 0 Å². The average Bonchev–Trinajstić information content (AvgIpc) is 3.29. The highest BCUT2D eigenvalue weighted by Crippen LogP contribution is 2.46. The summed E-state index contributed by atoms with van der Waals surface area (Å²) in [6.45, 7) is 0. The maximum atomic E-state index is 4.95. The fourth-order valence-electron chi connectivity index (χ4n) is 4.24. The summed E-state index contributed by atoms with van der Waals surface area (Å²) in [6, 6.07) is 40.0. The number of fused-ring (bicyclic) bond motifs is 1. The van der Waals surface area contributed by atoms with Crippen LogP contribution in [0.1, 0.15) is 0 Å². The van der Waals surface area contributed by atoms with Gasteiger partial charge >= 0.3 is 0 Å². The van der Waals surface area contributed by atoms with Crippen LogP contribution >= 0.6 is 11.3 Å². The molecule has 2 heterocycles. The average molecular weight is 441 g/mol. The molecule has 33 heavy (non-hydrogen) atoms. The van der Waals surface area contributed by atoms with Crippen molar-refractivity contribution in [3.05, 3.63) is 121 Å². The minimum absolute atomic E-state index is 0.747. The molecule has 156 valence electrons. The highest BCUT2D eigenvalue weighted by molar-refractivity contribution is 7.21. The molecule has 0 aliphatic heterocycles. The molecule has 0 spiro atoms. The quantitative estimate of drug-likeness (QED) is 0.275. The van der Waals surface area contributed by atoms with Gasteiger partial charge in [-0.3, -0.25) is 0 Å². The zero-order chi connectivity index (χ0) is 22.0. The molecule has 4 aromatic carbocycles. The van der Waals surface area contributed by atoms with Crippen LogP contribution in [0.3, 0.4) is 0 Å². The Kier molecular flexibility index (Phi) is 5.02. The summed E-state index contributed by atoms with van der Waals surface area (Å²) in [5.41, 5.74) is 5.68. The molecule has 6 aromatic rings. The highest BCUT2D eigenvalue weighted by atomic mass is 32.1. The molecule has 0 fully saturated rings. The molecule has 0 radical (unpaired) electrons. The third-order valence-electron chi connectivity index (χ3n) is 5.80. The Morgan fingerprint density at radius 1 is 0.485 bits per heavy atom. The predicted octanol–water partition coefficient (Wildman–Crippen LogP) is 8.36. The van der Waals surface area contributed by atoms with E-state index in [0.29, 0.717) is 0 Å². The minimum atomic E-state index is 0.747. The minimum Gasteiger partial charge on any atom is -0.237 e. The van der Waals surface area contributed by atoms with Crippen LogP contribution in [0.5, 0.6) is 0 Å². The second kappa shape index (κ2) is 8.45. The molecule has 0 saturated heterocycles. The zero-order valence-electron chi connectivity index (χ0n) is 17.8.